The van der Waals surface area contributed by atoms with Crippen LogP contribution in [-0.4, -0.2) is 22.3 Å². The smallest absolute Gasteiger partial charge is 0.151 e. The maximum Gasteiger partial charge on any atom is 0.151 e. The van der Waals surface area contributed by atoms with Gasteiger partial charge in [-0.05, 0) is 26.8 Å². The van der Waals surface area contributed by atoms with E-state index >= 15 is 0 Å². The van der Waals surface area contributed by atoms with Crippen molar-refractivity contribution in [1.82, 2.24) is 15.5 Å². The third-order valence-electron chi connectivity index (χ3n) is 2.76. The molecule has 104 valence electrons. The molecule has 0 radical (unpaired) electrons. The van der Waals surface area contributed by atoms with Crippen LogP contribution >= 0.6 is 11.3 Å². The molecular weight excluding hydrogens is 258 g/mol. The molecule has 2 aromatic rings. The highest BCUT2D eigenvalue weighted by molar-refractivity contribution is 7.14. The molecule has 0 atom stereocenters. The van der Waals surface area contributed by atoms with Crippen LogP contribution in [0.2, 0.25) is 0 Å². The minimum absolute atomic E-state index is 0.146. The number of hydrogen-bond acceptors (Lipinski definition) is 5. The van der Waals surface area contributed by atoms with Crippen molar-refractivity contribution in [3.8, 4) is 10.6 Å². The van der Waals surface area contributed by atoms with E-state index in [1.54, 1.807) is 17.6 Å². The summed E-state index contributed by atoms with van der Waals surface area (Å²) in [5.74, 6) is 0.982. The third kappa shape index (κ3) is 3.88. The van der Waals surface area contributed by atoms with Crippen LogP contribution in [-0.2, 0) is 12.8 Å². The van der Waals surface area contributed by atoms with Crippen molar-refractivity contribution in [3.63, 3.8) is 0 Å². The Morgan fingerprint density at radius 1 is 1.32 bits per heavy atom. The highest BCUT2D eigenvalue weighted by Gasteiger charge is 2.13. The number of nitrogens with one attached hydrogen (secondary N) is 1. The van der Waals surface area contributed by atoms with Gasteiger partial charge in [0.05, 0.1) is 11.8 Å². The molecule has 0 saturated heterocycles. The van der Waals surface area contributed by atoms with Gasteiger partial charge >= 0.3 is 0 Å². The summed E-state index contributed by atoms with van der Waals surface area (Å²) in [6.45, 7) is 9.49. The van der Waals surface area contributed by atoms with Crippen molar-refractivity contribution < 1.29 is 4.42 Å². The second-order valence-electron chi connectivity index (χ2n) is 5.54. The van der Waals surface area contributed by atoms with E-state index in [1.807, 2.05) is 6.07 Å². The Hall–Kier alpha value is -1.20. The molecule has 0 aromatic carbocycles. The van der Waals surface area contributed by atoms with Gasteiger partial charge in [-0.3, -0.25) is 0 Å². The first-order valence-electron chi connectivity index (χ1n) is 6.64. The lowest BCUT2D eigenvalue weighted by atomic mass is 10.1. The molecule has 5 heteroatoms. The Morgan fingerprint density at radius 2 is 2.11 bits per heavy atom. The molecule has 4 nitrogen and oxygen atoms in total. The first-order chi connectivity index (χ1) is 8.99. The number of nitrogens with zero attached hydrogens (tertiary/aromatic N) is 2. The van der Waals surface area contributed by atoms with Crippen LogP contribution in [0.15, 0.2) is 16.7 Å². The summed E-state index contributed by atoms with van der Waals surface area (Å²) in [5.41, 5.74) is 1.23. The zero-order chi connectivity index (χ0) is 13.9. The molecule has 1 N–H and O–H groups in total. The predicted molar refractivity (Wildman–Crippen MR) is 78.4 cm³/mol. The third-order valence-corrected chi connectivity index (χ3v) is 3.77. The van der Waals surface area contributed by atoms with E-state index in [1.165, 1.54) is 0 Å². The number of rotatable bonds is 5. The monoisotopic (exact) mass is 279 g/mol. The van der Waals surface area contributed by atoms with Crippen molar-refractivity contribution in [1.29, 1.82) is 0 Å². The molecule has 0 aliphatic carbocycles. The average Bonchev–Trinajstić information content (AvgIpc) is 2.93. The maximum atomic E-state index is 5.43. The van der Waals surface area contributed by atoms with Crippen LogP contribution in [0.5, 0.6) is 0 Å². The molecule has 2 rings (SSSR count). The summed E-state index contributed by atoms with van der Waals surface area (Å²) in [6.07, 6.45) is 3.51. The summed E-state index contributed by atoms with van der Waals surface area (Å²) in [5, 5.41) is 14.0. The SMILES string of the molecule is CCc1occc1-c1nnc(CCNC(C)(C)C)s1. The van der Waals surface area contributed by atoms with Crippen LogP contribution < -0.4 is 5.32 Å². The van der Waals surface area contributed by atoms with Crippen LogP contribution in [0.25, 0.3) is 10.6 Å². The zero-order valence-electron chi connectivity index (χ0n) is 12.0. The van der Waals surface area contributed by atoms with Crippen molar-refractivity contribution in [2.75, 3.05) is 6.54 Å². The van der Waals surface area contributed by atoms with Crippen LogP contribution in [0, 0.1) is 0 Å². The van der Waals surface area contributed by atoms with E-state index in [0.717, 1.165) is 40.7 Å². The summed E-state index contributed by atoms with van der Waals surface area (Å²) in [4.78, 5) is 0. The number of furan rings is 1. The zero-order valence-corrected chi connectivity index (χ0v) is 12.8. The van der Waals surface area contributed by atoms with E-state index in [4.69, 9.17) is 4.42 Å². The number of aryl methyl sites for hydroxylation is 1. The van der Waals surface area contributed by atoms with Gasteiger partial charge < -0.3 is 9.73 Å². The average molecular weight is 279 g/mol. The van der Waals surface area contributed by atoms with E-state index in [2.05, 4.69) is 43.2 Å². The second kappa shape index (κ2) is 5.84. The van der Waals surface area contributed by atoms with Crippen LogP contribution in [0.4, 0.5) is 0 Å². The largest absolute Gasteiger partial charge is 0.469 e. The highest BCUT2D eigenvalue weighted by Crippen LogP contribution is 2.28. The van der Waals surface area contributed by atoms with E-state index in [-0.39, 0.29) is 5.54 Å². The molecule has 2 aromatic heterocycles. The minimum Gasteiger partial charge on any atom is -0.469 e. The molecule has 2 heterocycles. The Balaban J connectivity index is 2.00. The number of aromatic nitrogens is 2. The summed E-state index contributed by atoms with van der Waals surface area (Å²) in [7, 11) is 0. The lowest BCUT2D eigenvalue weighted by molar-refractivity contribution is 0.429. The molecule has 0 aliphatic rings. The van der Waals surface area contributed by atoms with Gasteiger partial charge in [0.15, 0.2) is 5.01 Å². The van der Waals surface area contributed by atoms with Gasteiger partial charge in [-0.25, -0.2) is 0 Å². The van der Waals surface area contributed by atoms with Crippen molar-refractivity contribution >= 4 is 11.3 Å². The van der Waals surface area contributed by atoms with Gasteiger partial charge in [-0.15, -0.1) is 10.2 Å². The lowest BCUT2D eigenvalue weighted by Gasteiger charge is -2.19. The summed E-state index contributed by atoms with van der Waals surface area (Å²) < 4.78 is 5.43. The fourth-order valence-corrected chi connectivity index (χ4v) is 2.70. The lowest BCUT2D eigenvalue weighted by Crippen LogP contribution is -2.37. The Kier molecular flexibility index (Phi) is 4.37. The van der Waals surface area contributed by atoms with Gasteiger partial charge in [0.25, 0.3) is 0 Å². The van der Waals surface area contributed by atoms with Crippen LogP contribution in [0.1, 0.15) is 38.5 Å². The molecule has 0 fully saturated rings. The standard InChI is InChI=1S/C14H21N3OS/c1-5-11-10(7-9-18-11)13-17-16-12(19-13)6-8-15-14(2,3)4/h7,9,15H,5-6,8H2,1-4H3. The fraction of sp³-hybridized carbons (Fsp3) is 0.571. The Bertz CT molecular complexity index is 525. The van der Waals surface area contributed by atoms with Gasteiger partial charge in [-0.2, -0.15) is 0 Å². The quantitative estimate of drug-likeness (QED) is 0.912. The van der Waals surface area contributed by atoms with Crippen molar-refractivity contribution in [3.05, 3.63) is 23.1 Å². The first kappa shape index (κ1) is 14.2. The van der Waals surface area contributed by atoms with Crippen molar-refractivity contribution in [2.24, 2.45) is 0 Å². The van der Waals surface area contributed by atoms with Gasteiger partial charge in [-0.1, -0.05) is 18.3 Å². The topological polar surface area (TPSA) is 51.0 Å². The Labute approximate surface area is 118 Å². The molecule has 0 spiro atoms. The first-order valence-corrected chi connectivity index (χ1v) is 7.45. The second-order valence-corrected chi connectivity index (χ2v) is 6.60. The summed E-state index contributed by atoms with van der Waals surface area (Å²) >= 11 is 1.65. The van der Waals surface area contributed by atoms with E-state index in [9.17, 15) is 0 Å². The maximum absolute atomic E-state index is 5.43. The van der Waals surface area contributed by atoms with Crippen molar-refractivity contribution in [2.45, 2.75) is 46.1 Å². The molecule has 0 bridgehead atoms. The molecular formula is C14H21N3OS. The molecule has 0 amide bonds. The number of hydrogen-bond donors (Lipinski definition) is 1. The normalized spacial score (nSPS) is 12.0. The van der Waals surface area contributed by atoms with E-state index < -0.39 is 0 Å². The highest BCUT2D eigenvalue weighted by atomic mass is 32.1. The minimum atomic E-state index is 0.146. The van der Waals surface area contributed by atoms with E-state index in [0.29, 0.717) is 0 Å². The molecule has 0 aliphatic heterocycles. The Morgan fingerprint density at radius 3 is 2.79 bits per heavy atom. The van der Waals surface area contributed by atoms with Gasteiger partial charge in [0.1, 0.15) is 10.8 Å². The van der Waals surface area contributed by atoms with Gasteiger partial charge in [0, 0.05) is 24.9 Å². The van der Waals surface area contributed by atoms with Gasteiger partial charge in [0.2, 0.25) is 0 Å². The molecule has 19 heavy (non-hydrogen) atoms. The summed E-state index contributed by atoms with van der Waals surface area (Å²) in [6, 6.07) is 1.97. The predicted octanol–water partition coefficient (Wildman–Crippen LogP) is 3.29. The molecule has 0 saturated carbocycles. The molecule has 0 unspecified atom stereocenters. The fourth-order valence-electron chi connectivity index (χ4n) is 1.81. The van der Waals surface area contributed by atoms with Crippen LogP contribution in [0.3, 0.4) is 0 Å².